The van der Waals surface area contributed by atoms with E-state index in [1.54, 1.807) is 24.3 Å². The summed E-state index contributed by atoms with van der Waals surface area (Å²) >= 11 is 0. The van der Waals surface area contributed by atoms with E-state index >= 15 is 0 Å². The quantitative estimate of drug-likeness (QED) is 0.616. The maximum absolute atomic E-state index is 13.1. The second-order valence-corrected chi connectivity index (χ2v) is 7.23. The summed E-state index contributed by atoms with van der Waals surface area (Å²) in [6, 6.07) is 13.9. The van der Waals surface area contributed by atoms with Crippen LogP contribution in [0.4, 0.5) is 14.5 Å². The Kier molecular flexibility index (Phi) is 6.09. The third-order valence-electron chi connectivity index (χ3n) is 5.10. The second kappa shape index (κ2) is 9.09. The molecule has 0 aliphatic carbocycles. The molecule has 3 aromatic rings. The minimum Gasteiger partial charge on any atom is -0.482 e. The Bertz CT molecular complexity index is 1030. The molecule has 30 heavy (non-hydrogen) atoms. The van der Waals surface area contributed by atoms with Crippen LogP contribution in [0, 0.1) is 11.6 Å². The molecule has 1 aliphatic heterocycles. The molecular weight excluding hydrogens is 390 g/mol. The Hall–Kier alpha value is -3.19. The first-order chi connectivity index (χ1) is 14.6. The molecule has 0 bridgehead atoms. The average molecular weight is 412 g/mol. The third kappa shape index (κ3) is 5.04. The van der Waals surface area contributed by atoms with Gasteiger partial charge in [0.25, 0.3) is 0 Å². The summed E-state index contributed by atoms with van der Waals surface area (Å²) < 4.78 is 37.1. The fraction of sp³-hybridized carbons (Fsp3) is 0.261. The normalized spacial score (nSPS) is 14.7. The fourth-order valence-corrected chi connectivity index (χ4v) is 3.40. The molecule has 1 aromatic heterocycles. The van der Waals surface area contributed by atoms with Gasteiger partial charge in [0.05, 0.1) is 6.54 Å². The molecule has 0 spiro atoms. The number of nitrogens with zero attached hydrogens (tertiary/aromatic N) is 2. The fourth-order valence-electron chi connectivity index (χ4n) is 3.40. The largest absolute Gasteiger partial charge is 0.482 e. The maximum atomic E-state index is 13.1. The van der Waals surface area contributed by atoms with Crippen LogP contribution in [0.1, 0.15) is 11.3 Å². The molecule has 1 aliphatic rings. The highest BCUT2D eigenvalue weighted by atomic mass is 19.1. The predicted octanol–water partition coefficient (Wildman–Crippen LogP) is 3.82. The van der Waals surface area contributed by atoms with E-state index in [2.05, 4.69) is 9.80 Å². The number of benzene rings is 2. The molecule has 0 atom stereocenters. The van der Waals surface area contributed by atoms with E-state index in [9.17, 15) is 13.6 Å². The van der Waals surface area contributed by atoms with Crippen molar-refractivity contribution in [1.29, 1.82) is 0 Å². The van der Waals surface area contributed by atoms with Crippen molar-refractivity contribution in [3.8, 4) is 5.75 Å². The summed E-state index contributed by atoms with van der Waals surface area (Å²) in [6.07, 6.45) is 1.33. The minimum atomic E-state index is -0.318. The van der Waals surface area contributed by atoms with Crippen molar-refractivity contribution in [2.24, 2.45) is 0 Å². The maximum Gasteiger partial charge on any atom is 0.227 e. The highest BCUT2D eigenvalue weighted by Crippen LogP contribution is 2.18. The second-order valence-electron chi connectivity index (χ2n) is 7.23. The van der Waals surface area contributed by atoms with Crippen LogP contribution >= 0.6 is 0 Å². The Labute approximate surface area is 173 Å². The van der Waals surface area contributed by atoms with Gasteiger partial charge in [0.1, 0.15) is 30.3 Å². The van der Waals surface area contributed by atoms with Crippen molar-refractivity contribution >= 4 is 5.69 Å². The van der Waals surface area contributed by atoms with Crippen LogP contribution in [0.5, 0.6) is 5.75 Å². The van der Waals surface area contributed by atoms with Crippen LogP contribution in [-0.4, -0.2) is 31.1 Å². The van der Waals surface area contributed by atoms with E-state index in [0.717, 1.165) is 37.4 Å². The molecular formula is C23H22F2N2O3. The smallest absolute Gasteiger partial charge is 0.227 e. The van der Waals surface area contributed by atoms with Gasteiger partial charge < -0.3 is 14.1 Å². The lowest BCUT2D eigenvalue weighted by molar-refractivity contribution is 0.224. The van der Waals surface area contributed by atoms with Gasteiger partial charge in [0.15, 0.2) is 0 Å². The van der Waals surface area contributed by atoms with E-state index in [-0.39, 0.29) is 29.4 Å². The van der Waals surface area contributed by atoms with Gasteiger partial charge in [-0.05, 0) is 42.0 Å². The summed E-state index contributed by atoms with van der Waals surface area (Å²) in [5.74, 6) is 0.146. The molecule has 0 saturated carbocycles. The van der Waals surface area contributed by atoms with E-state index in [1.165, 1.54) is 36.6 Å². The van der Waals surface area contributed by atoms with E-state index in [0.29, 0.717) is 12.3 Å². The average Bonchev–Trinajstić information content (AvgIpc) is 2.76. The van der Waals surface area contributed by atoms with Gasteiger partial charge in [-0.25, -0.2) is 8.78 Å². The topological polar surface area (TPSA) is 45.9 Å². The monoisotopic (exact) mass is 412 g/mol. The van der Waals surface area contributed by atoms with Crippen molar-refractivity contribution in [3.05, 3.63) is 94.0 Å². The number of rotatable bonds is 6. The number of hydrogen-bond acceptors (Lipinski definition) is 5. The lowest BCUT2D eigenvalue weighted by atomic mass is 10.2. The molecule has 0 unspecified atom stereocenters. The van der Waals surface area contributed by atoms with Gasteiger partial charge in [-0.15, -0.1) is 0 Å². The lowest BCUT2D eigenvalue weighted by Gasteiger charge is -2.35. The highest BCUT2D eigenvalue weighted by Gasteiger charge is 2.18. The van der Waals surface area contributed by atoms with Gasteiger partial charge in [0, 0.05) is 37.9 Å². The molecule has 0 amide bonds. The van der Waals surface area contributed by atoms with Crippen LogP contribution in [0.3, 0.4) is 0 Å². The van der Waals surface area contributed by atoms with Crippen molar-refractivity contribution < 1.29 is 17.9 Å². The van der Waals surface area contributed by atoms with E-state index < -0.39 is 0 Å². The van der Waals surface area contributed by atoms with Crippen molar-refractivity contribution in [3.63, 3.8) is 0 Å². The Morgan fingerprint density at radius 1 is 0.900 bits per heavy atom. The van der Waals surface area contributed by atoms with Crippen molar-refractivity contribution in [1.82, 2.24) is 4.90 Å². The zero-order valence-corrected chi connectivity index (χ0v) is 16.4. The lowest BCUT2D eigenvalue weighted by Crippen LogP contribution is -2.46. The molecule has 2 aromatic carbocycles. The molecule has 1 fully saturated rings. The van der Waals surface area contributed by atoms with Gasteiger partial charge in [-0.1, -0.05) is 12.1 Å². The van der Waals surface area contributed by atoms with Gasteiger partial charge in [0.2, 0.25) is 11.2 Å². The summed E-state index contributed by atoms with van der Waals surface area (Å²) in [5.41, 5.74) is 1.52. The van der Waals surface area contributed by atoms with Crippen LogP contribution in [-0.2, 0) is 13.2 Å². The van der Waals surface area contributed by atoms with Gasteiger partial charge >= 0.3 is 0 Å². The van der Waals surface area contributed by atoms with E-state index in [1.807, 2.05) is 0 Å². The third-order valence-corrected chi connectivity index (χ3v) is 5.10. The summed E-state index contributed by atoms with van der Waals surface area (Å²) in [6.45, 7) is 3.94. The first-order valence-electron chi connectivity index (χ1n) is 9.79. The highest BCUT2D eigenvalue weighted by molar-refractivity contribution is 5.46. The number of piperazine rings is 1. The number of anilines is 1. The van der Waals surface area contributed by atoms with Crippen molar-refractivity contribution in [2.45, 2.75) is 13.2 Å². The zero-order valence-electron chi connectivity index (χ0n) is 16.4. The van der Waals surface area contributed by atoms with Crippen LogP contribution in [0.15, 0.2) is 70.1 Å². The molecule has 0 radical (unpaired) electrons. The summed E-state index contributed by atoms with van der Waals surface area (Å²) in [4.78, 5) is 16.7. The van der Waals surface area contributed by atoms with Crippen molar-refractivity contribution in [2.75, 3.05) is 31.1 Å². The molecule has 0 N–H and O–H groups in total. The molecule has 5 nitrogen and oxygen atoms in total. The number of halogens is 2. The molecule has 156 valence electrons. The van der Waals surface area contributed by atoms with Crippen LogP contribution in [0.2, 0.25) is 0 Å². The zero-order chi connectivity index (χ0) is 20.9. The van der Waals surface area contributed by atoms with Crippen LogP contribution < -0.4 is 15.1 Å². The Morgan fingerprint density at radius 2 is 1.53 bits per heavy atom. The first kappa shape index (κ1) is 20.1. The molecule has 7 heteroatoms. The predicted molar refractivity (Wildman–Crippen MR) is 110 cm³/mol. The van der Waals surface area contributed by atoms with Gasteiger partial charge in [-0.2, -0.15) is 0 Å². The Morgan fingerprint density at radius 3 is 2.17 bits per heavy atom. The minimum absolute atomic E-state index is 0.129. The Balaban J connectivity index is 1.30. The molecule has 4 rings (SSSR count). The number of ether oxygens (including phenoxy) is 1. The van der Waals surface area contributed by atoms with E-state index in [4.69, 9.17) is 9.15 Å². The number of hydrogen-bond donors (Lipinski definition) is 0. The van der Waals surface area contributed by atoms with Crippen LogP contribution in [0.25, 0.3) is 0 Å². The SMILES string of the molecule is O=c1cc(CN2CCN(c3ccc(F)cc3)CC2)occ1OCc1ccc(F)cc1. The molecule has 1 saturated heterocycles. The summed E-state index contributed by atoms with van der Waals surface area (Å²) in [5, 5.41) is 0. The first-order valence-corrected chi connectivity index (χ1v) is 9.79. The molecule has 2 heterocycles. The van der Waals surface area contributed by atoms with Gasteiger partial charge in [-0.3, -0.25) is 9.69 Å². The summed E-state index contributed by atoms with van der Waals surface area (Å²) in [7, 11) is 0. The standard InChI is InChI=1S/C23H22F2N2O3/c24-18-3-1-17(2-4-18)15-30-23-16-29-21(13-22(23)28)14-26-9-11-27(12-10-26)20-7-5-19(25)6-8-20/h1-8,13,16H,9-12,14-15H2.